The number of para-hydroxylation sites is 1. The number of nitrogens with one attached hydrogen (secondary N) is 2. The van der Waals surface area contributed by atoms with Gasteiger partial charge in [-0.1, -0.05) is 23.4 Å². The number of aromatic nitrogens is 1. The van der Waals surface area contributed by atoms with Gasteiger partial charge in [0.1, 0.15) is 0 Å². The maximum atomic E-state index is 12.4. The van der Waals surface area contributed by atoms with Crippen LogP contribution < -0.4 is 10.0 Å². The van der Waals surface area contributed by atoms with E-state index in [1.54, 1.807) is 43.3 Å². The number of hydrogen-bond acceptors (Lipinski definition) is 5. The average molecular weight is 371 g/mol. The van der Waals surface area contributed by atoms with Crippen molar-refractivity contribution in [2.45, 2.75) is 18.4 Å². The van der Waals surface area contributed by atoms with Crippen LogP contribution in [0.1, 0.15) is 21.8 Å². The molecule has 3 aromatic rings. The third kappa shape index (κ3) is 4.28. The summed E-state index contributed by atoms with van der Waals surface area (Å²) in [5.41, 5.74) is 1.55. The molecule has 0 atom stereocenters. The highest BCUT2D eigenvalue weighted by Crippen LogP contribution is 2.16. The van der Waals surface area contributed by atoms with Crippen LogP contribution in [0.3, 0.4) is 0 Å². The lowest BCUT2D eigenvalue weighted by Crippen LogP contribution is -2.22. The molecule has 0 saturated carbocycles. The molecule has 134 valence electrons. The first-order valence-electron chi connectivity index (χ1n) is 7.82. The fraction of sp³-hybridized carbons (Fsp3) is 0.111. The molecular weight excluding hydrogens is 354 g/mol. The Hall–Kier alpha value is -3.13. The number of sulfonamides is 1. The standard InChI is InChI=1S/C18H17N3O4S/c1-13-11-16(25-20-13)12-19-18(22)14-7-9-17(10-8-14)26(23,24)21-15-5-3-2-4-6-15/h2-11,21H,12H2,1H3,(H,19,22). The zero-order valence-corrected chi connectivity index (χ0v) is 14.8. The zero-order chi connectivity index (χ0) is 18.6. The van der Waals surface area contributed by atoms with E-state index < -0.39 is 10.0 Å². The molecule has 0 radical (unpaired) electrons. The first-order valence-corrected chi connectivity index (χ1v) is 9.31. The Morgan fingerprint density at radius 1 is 1.08 bits per heavy atom. The second kappa shape index (κ2) is 7.40. The van der Waals surface area contributed by atoms with E-state index in [0.29, 0.717) is 17.0 Å². The number of amides is 1. The molecule has 0 aliphatic rings. The van der Waals surface area contributed by atoms with E-state index in [9.17, 15) is 13.2 Å². The first kappa shape index (κ1) is 17.7. The average Bonchev–Trinajstić information content (AvgIpc) is 3.05. The highest BCUT2D eigenvalue weighted by atomic mass is 32.2. The Kier molecular flexibility index (Phi) is 5.04. The molecule has 1 heterocycles. The highest BCUT2D eigenvalue weighted by molar-refractivity contribution is 7.92. The summed E-state index contributed by atoms with van der Waals surface area (Å²) < 4.78 is 32.2. The minimum Gasteiger partial charge on any atom is -0.359 e. The topological polar surface area (TPSA) is 101 Å². The molecule has 0 unspecified atom stereocenters. The smallest absolute Gasteiger partial charge is 0.261 e. The SMILES string of the molecule is Cc1cc(CNC(=O)c2ccc(S(=O)(=O)Nc3ccccc3)cc2)on1. The molecule has 1 aromatic heterocycles. The van der Waals surface area contributed by atoms with Crippen molar-refractivity contribution in [3.63, 3.8) is 0 Å². The summed E-state index contributed by atoms with van der Waals surface area (Å²) in [6.45, 7) is 1.99. The Bertz CT molecular complexity index is 996. The summed E-state index contributed by atoms with van der Waals surface area (Å²) in [5, 5.41) is 6.43. The quantitative estimate of drug-likeness (QED) is 0.694. The van der Waals surface area contributed by atoms with Crippen molar-refractivity contribution in [3.8, 4) is 0 Å². The molecule has 26 heavy (non-hydrogen) atoms. The molecule has 0 fully saturated rings. The van der Waals surface area contributed by atoms with E-state index >= 15 is 0 Å². The van der Waals surface area contributed by atoms with Crippen LogP contribution >= 0.6 is 0 Å². The van der Waals surface area contributed by atoms with Gasteiger partial charge in [0.15, 0.2) is 5.76 Å². The fourth-order valence-electron chi connectivity index (χ4n) is 2.27. The van der Waals surface area contributed by atoms with Crippen molar-refractivity contribution in [1.29, 1.82) is 0 Å². The second-order valence-electron chi connectivity index (χ2n) is 5.61. The van der Waals surface area contributed by atoms with Crippen LogP contribution in [0.4, 0.5) is 5.69 Å². The summed E-state index contributed by atoms with van der Waals surface area (Å²) in [6, 6.07) is 16.0. The first-order chi connectivity index (χ1) is 12.4. The Morgan fingerprint density at radius 3 is 2.38 bits per heavy atom. The molecular formula is C18H17N3O4S. The van der Waals surface area contributed by atoms with Crippen molar-refractivity contribution in [1.82, 2.24) is 10.5 Å². The minimum absolute atomic E-state index is 0.0729. The normalized spacial score (nSPS) is 11.1. The number of carbonyl (C=O) groups is 1. The second-order valence-corrected chi connectivity index (χ2v) is 7.30. The maximum absolute atomic E-state index is 12.4. The van der Waals surface area contributed by atoms with Crippen molar-refractivity contribution < 1.29 is 17.7 Å². The van der Waals surface area contributed by atoms with Gasteiger partial charge in [0.25, 0.3) is 15.9 Å². The maximum Gasteiger partial charge on any atom is 0.261 e. The van der Waals surface area contributed by atoms with Crippen LogP contribution in [0.15, 0.2) is 70.1 Å². The van der Waals surface area contributed by atoms with E-state index in [0.717, 1.165) is 5.69 Å². The van der Waals surface area contributed by atoms with Crippen LogP contribution in [0.5, 0.6) is 0 Å². The van der Waals surface area contributed by atoms with Gasteiger partial charge in [-0.25, -0.2) is 8.42 Å². The number of anilines is 1. The van der Waals surface area contributed by atoms with Crippen LogP contribution in [-0.2, 0) is 16.6 Å². The summed E-state index contributed by atoms with van der Waals surface area (Å²) in [4.78, 5) is 12.2. The van der Waals surface area contributed by atoms with Gasteiger partial charge in [-0.2, -0.15) is 0 Å². The lowest BCUT2D eigenvalue weighted by Gasteiger charge is -2.09. The molecule has 0 bridgehead atoms. The summed E-state index contributed by atoms with van der Waals surface area (Å²) in [7, 11) is -3.71. The van der Waals surface area contributed by atoms with Crippen molar-refractivity contribution in [2.24, 2.45) is 0 Å². The van der Waals surface area contributed by atoms with Crippen molar-refractivity contribution in [3.05, 3.63) is 77.7 Å². The fourth-order valence-corrected chi connectivity index (χ4v) is 3.33. The lowest BCUT2D eigenvalue weighted by molar-refractivity contribution is 0.0947. The molecule has 3 rings (SSSR count). The predicted octanol–water partition coefficient (Wildman–Crippen LogP) is 2.71. The van der Waals surface area contributed by atoms with Gasteiger partial charge in [0, 0.05) is 17.3 Å². The number of hydrogen-bond donors (Lipinski definition) is 2. The van der Waals surface area contributed by atoms with Crippen LogP contribution in [0, 0.1) is 6.92 Å². The molecule has 0 aliphatic carbocycles. The third-order valence-electron chi connectivity index (χ3n) is 3.55. The Labute approximate surface area is 151 Å². The van der Waals surface area contributed by atoms with Gasteiger partial charge in [-0.3, -0.25) is 9.52 Å². The monoisotopic (exact) mass is 371 g/mol. The van der Waals surface area contributed by atoms with Gasteiger partial charge in [0.05, 0.1) is 17.1 Å². The van der Waals surface area contributed by atoms with Crippen molar-refractivity contribution >= 4 is 21.6 Å². The molecule has 2 aromatic carbocycles. The lowest BCUT2D eigenvalue weighted by atomic mass is 10.2. The van der Waals surface area contributed by atoms with Crippen LogP contribution in [0.2, 0.25) is 0 Å². The Balaban J connectivity index is 1.66. The summed E-state index contributed by atoms with van der Waals surface area (Å²) in [6.07, 6.45) is 0. The summed E-state index contributed by atoms with van der Waals surface area (Å²) >= 11 is 0. The number of benzene rings is 2. The molecule has 0 spiro atoms. The molecule has 8 heteroatoms. The number of aryl methyl sites for hydroxylation is 1. The van der Waals surface area contributed by atoms with Gasteiger partial charge in [-0.15, -0.1) is 0 Å². The molecule has 0 aliphatic heterocycles. The van der Waals surface area contributed by atoms with E-state index in [1.165, 1.54) is 24.3 Å². The third-order valence-corrected chi connectivity index (χ3v) is 4.95. The van der Waals surface area contributed by atoms with Gasteiger partial charge >= 0.3 is 0 Å². The van der Waals surface area contributed by atoms with Gasteiger partial charge < -0.3 is 9.84 Å². The number of rotatable bonds is 6. The van der Waals surface area contributed by atoms with Gasteiger partial charge in [-0.05, 0) is 43.3 Å². The van der Waals surface area contributed by atoms with Gasteiger partial charge in [0.2, 0.25) is 0 Å². The Morgan fingerprint density at radius 2 is 1.77 bits per heavy atom. The van der Waals surface area contributed by atoms with E-state index in [-0.39, 0.29) is 17.3 Å². The molecule has 7 nitrogen and oxygen atoms in total. The van der Waals surface area contributed by atoms with E-state index in [4.69, 9.17) is 4.52 Å². The number of carbonyl (C=O) groups excluding carboxylic acids is 1. The van der Waals surface area contributed by atoms with Crippen LogP contribution in [-0.4, -0.2) is 19.5 Å². The van der Waals surface area contributed by atoms with E-state index in [2.05, 4.69) is 15.2 Å². The minimum atomic E-state index is -3.71. The summed E-state index contributed by atoms with van der Waals surface area (Å²) in [5.74, 6) is 0.209. The van der Waals surface area contributed by atoms with Crippen molar-refractivity contribution in [2.75, 3.05) is 4.72 Å². The predicted molar refractivity (Wildman–Crippen MR) is 96.1 cm³/mol. The molecule has 0 saturated heterocycles. The molecule has 1 amide bonds. The highest BCUT2D eigenvalue weighted by Gasteiger charge is 2.15. The molecule has 2 N–H and O–H groups in total. The largest absolute Gasteiger partial charge is 0.359 e. The van der Waals surface area contributed by atoms with E-state index in [1.807, 2.05) is 0 Å². The zero-order valence-electron chi connectivity index (χ0n) is 14.0. The van der Waals surface area contributed by atoms with Crippen LogP contribution in [0.25, 0.3) is 0 Å². The number of nitrogens with zero attached hydrogens (tertiary/aromatic N) is 1.